The van der Waals surface area contributed by atoms with E-state index in [4.69, 9.17) is 0 Å². The van der Waals surface area contributed by atoms with Crippen molar-refractivity contribution in [2.24, 2.45) is 5.92 Å². The fourth-order valence-corrected chi connectivity index (χ4v) is 2.99. The van der Waals surface area contributed by atoms with Crippen LogP contribution in [-0.2, 0) is 11.2 Å². The maximum Gasteiger partial charge on any atom is 0.237 e. The quantitative estimate of drug-likeness (QED) is 0.846. The number of benzene rings is 1. The first kappa shape index (κ1) is 17.0. The maximum atomic E-state index is 12.4. The van der Waals surface area contributed by atoms with Crippen LogP contribution in [0, 0.1) is 5.92 Å². The summed E-state index contributed by atoms with van der Waals surface area (Å²) in [4.78, 5) is 14.6. The van der Waals surface area contributed by atoms with Crippen LogP contribution in [0.15, 0.2) is 24.3 Å². The summed E-state index contributed by atoms with van der Waals surface area (Å²) in [5.41, 5.74) is 2.44. The molecule has 0 aliphatic carbocycles. The third-order valence-electron chi connectivity index (χ3n) is 4.75. The van der Waals surface area contributed by atoms with E-state index in [0.29, 0.717) is 5.92 Å². The lowest BCUT2D eigenvalue weighted by atomic mass is 10.0. The molecule has 1 aromatic carbocycles. The molecule has 0 bridgehead atoms. The van der Waals surface area contributed by atoms with Gasteiger partial charge in [0.05, 0.1) is 12.1 Å². The Morgan fingerprint density at radius 2 is 2.05 bits per heavy atom. The van der Waals surface area contributed by atoms with Gasteiger partial charge in [-0.25, -0.2) is 0 Å². The van der Waals surface area contributed by atoms with Crippen molar-refractivity contribution in [3.8, 4) is 0 Å². The molecule has 0 aromatic heterocycles. The Labute approximate surface area is 133 Å². The number of hydrogen-bond acceptors (Lipinski definition) is 3. The largest absolute Gasteiger partial charge is 0.396 e. The van der Waals surface area contributed by atoms with Gasteiger partial charge >= 0.3 is 0 Å². The molecule has 1 aliphatic rings. The van der Waals surface area contributed by atoms with Crippen molar-refractivity contribution in [3.05, 3.63) is 35.4 Å². The van der Waals surface area contributed by atoms with E-state index in [1.54, 1.807) is 0 Å². The third kappa shape index (κ3) is 4.08. The molecule has 122 valence electrons. The summed E-state index contributed by atoms with van der Waals surface area (Å²) in [5.74, 6) is 0.375. The molecule has 2 N–H and O–H groups in total. The van der Waals surface area contributed by atoms with E-state index >= 15 is 0 Å². The van der Waals surface area contributed by atoms with Crippen molar-refractivity contribution in [2.45, 2.75) is 45.7 Å². The minimum Gasteiger partial charge on any atom is -0.396 e. The monoisotopic (exact) mass is 304 g/mol. The zero-order chi connectivity index (χ0) is 16.1. The van der Waals surface area contributed by atoms with E-state index in [1.807, 2.05) is 13.8 Å². The normalized spacial score (nSPS) is 21.5. The van der Waals surface area contributed by atoms with Crippen molar-refractivity contribution in [2.75, 3.05) is 19.7 Å². The number of amides is 1. The average molecular weight is 304 g/mol. The van der Waals surface area contributed by atoms with Crippen LogP contribution in [0.2, 0.25) is 0 Å². The fraction of sp³-hybridized carbons (Fsp3) is 0.611. The lowest BCUT2D eigenvalue weighted by Crippen LogP contribution is -2.44. The molecule has 1 aromatic rings. The molecule has 2 rings (SSSR count). The van der Waals surface area contributed by atoms with Crippen LogP contribution in [0.25, 0.3) is 0 Å². The van der Waals surface area contributed by atoms with Crippen LogP contribution < -0.4 is 5.32 Å². The highest BCUT2D eigenvalue weighted by atomic mass is 16.3. The second-order valence-electron chi connectivity index (χ2n) is 6.33. The van der Waals surface area contributed by atoms with Crippen molar-refractivity contribution in [3.63, 3.8) is 0 Å². The first-order valence-corrected chi connectivity index (χ1v) is 8.29. The van der Waals surface area contributed by atoms with E-state index in [9.17, 15) is 9.90 Å². The zero-order valence-corrected chi connectivity index (χ0v) is 13.9. The summed E-state index contributed by atoms with van der Waals surface area (Å²) < 4.78 is 0. The molecular weight excluding hydrogens is 276 g/mol. The highest BCUT2D eigenvalue weighted by molar-refractivity contribution is 5.81. The third-order valence-corrected chi connectivity index (χ3v) is 4.75. The fourth-order valence-electron chi connectivity index (χ4n) is 2.99. The molecule has 4 heteroatoms. The van der Waals surface area contributed by atoms with Crippen molar-refractivity contribution in [1.29, 1.82) is 0 Å². The molecular formula is C18H28N2O2. The molecule has 3 unspecified atom stereocenters. The van der Waals surface area contributed by atoms with E-state index in [1.165, 1.54) is 5.56 Å². The van der Waals surface area contributed by atoms with Gasteiger partial charge in [-0.15, -0.1) is 0 Å². The van der Waals surface area contributed by atoms with Gasteiger partial charge in [0.2, 0.25) is 5.91 Å². The highest BCUT2D eigenvalue weighted by Gasteiger charge is 2.29. The standard InChI is InChI=1S/C18H28N2O2/c1-4-15-5-7-17(8-6-15)13(2)19-18(22)14(3)20-10-9-16(11-20)12-21/h5-8,13-14,16,21H,4,9-12H2,1-3H3,(H,19,22). The minimum absolute atomic E-state index is 0.0112. The van der Waals surface area contributed by atoms with Crippen LogP contribution in [-0.4, -0.2) is 41.7 Å². The summed E-state index contributed by atoms with van der Waals surface area (Å²) in [6.07, 6.45) is 2.00. The number of likely N-dealkylation sites (tertiary alicyclic amines) is 1. The Balaban J connectivity index is 1.89. The Bertz CT molecular complexity index is 486. The summed E-state index contributed by atoms with van der Waals surface area (Å²) in [6, 6.07) is 8.28. The predicted molar refractivity (Wildman–Crippen MR) is 88.6 cm³/mol. The minimum atomic E-state index is -0.145. The Morgan fingerprint density at radius 3 is 2.59 bits per heavy atom. The zero-order valence-electron chi connectivity index (χ0n) is 13.9. The number of carbonyl (C=O) groups is 1. The van der Waals surface area contributed by atoms with E-state index in [0.717, 1.165) is 31.5 Å². The second kappa shape index (κ2) is 7.75. The summed E-state index contributed by atoms with van der Waals surface area (Å²) >= 11 is 0. The molecule has 1 heterocycles. The number of rotatable bonds is 6. The molecule has 4 nitrogen and oxygen atoms in total. The Kier molecular flexibility index (Phi) is 5.98. The lowest BCUT2D eigenvalue weighted by Gasteiger charge is -2.25. The number of hydrogen-bond donors (Lipinski definition) is 2. The van der Waals surface area contributed by atoms with E-state index in [-0.39, 0.29) is 24.6 Å². The molecule has 0 radical (unpaired) electrons. The number of nitrogens with zero attached hydrogens (tertiary/aromatic N) is 1. The lowest BCUT2D eigenvalue weighted by molar-refractivity contribution is -0.126. The summed E-state index contributed by atoms with van der Waals surface area (Å²) in [6.45, 7) is 8.01. The van der Waals surface area contributed by atoms with Crippen LogP contribution in [0.3, 0.4) is 0 Å². The second-order valence-corrected chi connectivity index (χ2v) is 6.33. The van der Waals surface area contributed by atoms with Crippen LogP contribution in [0.4, 0.5) is 0 Å². The number of aryl methyl sites for hydroxylation is 1. The number of nitrogens with one attached hydrogen (secondary N) is 1. The van der Waals surface area contributed by atoms with E-state index < -0.39 is 0 Å². The van der Waals surface area contributed by atoms with Gasteiger partial charge in [0, 0.05) is 13.2 Å². The van der Waals surface area contributed by atoms with E-state index in [2.05, 4.69) is 41.4 Å². The summed E-state index contributed by atoms with van der Waals surface area (Å²) in [7, 11) is 0. The molecule has 1 aliphatic heterocycles. The highest BCUT2D eigenvalue weighted by Crippen LogP contribution is 2.19. The smallest absolute Gasteiger partial charge is 0.237 e. The van der Waals surface area contributed by atoms with Gasteiger partial charge in [-0.2, -0.15) is 0 Å². The van der Waals surface area contributed by atoms with Gasteiger partial charge in [0.15, 0.2) is 0 Å². The molecule has 0 saturated carbocycles. The van der Waals surface area contributed by atoms with Crippen LogP contribution in [0.1, 0.15) is 44.4 Å². The molecule has 1 saturated heterocycles. The maximum absolute atomic E-state index is 12.4. The van der Waals surface area contributed by atoms with Crippen molar-refractivity contribution >= 4 is 5.91 Å². The van der Waals surface area contributed by atoms with Gasteiger partial charge in [0.25, 0.3) is 0 Å². The number of aliphatic hydroxyl groups excluding tert-OH is 1. The van der Waals surface area contributed by atoms with Crippen LogP contribution >= 0.6 is 0 Å². The van der Waals surface area contributed by atoms with Gasteiger partial charge in [-0.1, -0.05) is 31.2 Å². The number of carbonyl (C=O) groups excluding carboxylic acids is 1. The molecule has 3 atom stereocenters. The average Bonchev–Trinajstić information content (AvgIpc) is 3.03. The van der Waals surface area contributed by atoms with Gasteiger partial charge < -0.3 is 10.4 Å². The Hall–Kier alpha value is -1.39. The Morgan fingerprint density at radius 1 is 1.36 bits per heavy atom. The molecule has 0 spiro atoms. The first-order chi connectivity index (χ1) is 10.5. The molecule has 1 amide bonds. The summed E-state index contributed by atoms with van der Waals surface area (Å²) in [5, 5.41) is 12.3. The number of aliphatic hydroxyl groups is 1. The first-order valence-electron chi connectivity index (χ1n) is 8.29. The van der Waals surface area contributed by atoms with Crippen molar-refractivity contribution in [1.82, 2.24) is 10.2 Å². The van der Waals surface area contributed by atoms with Gasteiger partial charge in [0.1, 0.15) is 0 Å². The van der Waals surface area contributed by atoms with Gasteiger partial charge in [-0.3, -0.25) is 9.69 Å². The SMILES string of the molecule is CCc1ccc(C(C)NC(=O)C(C)N2CCC(CO)C2)cc1. The van der Waals surface area contributed by atoms with Crippen LogP contribution in [0.5, 0.6) is 0 Å². The predicted octanol–water partition coefficient (Wildman–Crippen LogP) is 2.13. The topological polar surface area (TPSA) is 52.6 Å². The van der Waals surface area contributed by atoms with Gasteiger partial charge in [-0.05, 0) is 50.3 Å². The molecule has 22 heavy (non-hydrogen) atoms. The van der Waals surface area contributed by atoms with Crippen molar-refractivity contribution < 1.29 is 9.90 Å². The molecule has 1 fully saturated rings.